The second kappa shape index (κ2) is 17.3. The molecule has 13 nitrogen and oxygen atoms in total. The van der Waals surface area contributed by atoms with E-state index in [1.807, 2.05) is 9.80 Å². The van der Waals surface area contributed by atoms with Gasteiger partial charge >= 0.3 is 23.9 Å². The van der Waals surface area contributed by atoms with E-state index in [0.717, 1.165) is 0 Å². The minimum Gasteiger partial charge on any atom is -0.748 e. The maximum atomic E-state index is 14.0. The van der Waals surface area contributed by atoms with Gasteiger partial charge in [0.15, 0.2) is 0 Å². The van der Waals surface area contributed by atoms with Gasteiger partial charge in [0.2, 0.25) is 0 Å². The van der Waals surface area contributed by atoms with E-state index in [2.05, 4.69) is 0 Å². The van der Waals surface area contributed by atoms with E-state index in [1.165, 1.54) is 0 Å². The number of aliphatic carboxylic acids is 3. The van der Waals surface area contributed by atoms with Crippen LogP contribution in [0.15, 0.2) is 60.7 Å². The summed E-state index contributed by atoms with van der Waals surface area (Å²) in [6, 6.07) is 16.9. The lowest BCUT2D eigenvalue weighted by molar-refractivity contribution is -0.172. The smallest absolute Gasteiger partial charge is 0.310 e. The molecule has 0 bridgehead atoms. The lowest BCUT2D eigenvalue weighted by Gasteiger charge is -2.37. The van der Waals surface area contributed by atoms with Gasteiger partial charge in [-0.15, -0.1) is 0 Å². The SMILES string of the molecule is CCC(c1ccccc1)C(C(=O)O)C(C(=O)OCCN1CCN(CCS(=O)(=O)[O-])CC1)C(C(=O)O)C(C(=O)O)C(C)c1ccccc1. The number of carboxylic acids is 3. The van der Waals surface area contributed by atoms with Crippen molar-refractivity contribution in [3.05, 3.63) is 71.8 Å². The fourth-order valence-electron chi connectivity index (χ4n) is 6.51. The molecule has 0 saturated carbocycles. The summed E-state index contributed by atoms with van der Waals surface area (Å²) >= 11 is 0. The molecule has 1 heterocycles. The zero-order valence-electron chi connectivity index (χ0n) is 26.5. The van der Waals surface area contributed by atoms with Gasteiger partial charge in [-0.1, -0.05) is 74.5 Å². The van der Waals surface area contributed by atoms with Crippen LogP contribution in [-0.2, 0) is 34.0 Å². The van der Waals surface area contributed by atoms with E-state index < -0.39 is 75.3 Å². The molecule has 6 unspecified atom stereocenters. The largest absolute Gasteiger partial charge is 0.748 e. The van der Waals surface area contributed by atoms with Gasteiger partial charge in [-0.2, -0.15) is 0 Å². The second-order valence-corrected chi connectivity index (χ2v) is 13.4. The number of benzene rings is 2. The van der Waals surface area contributed by atoms with Crippen LogP contribution in [0, 0.1) is 23.7 Å². The van der Waals surface area contributed by atoms with Crippen LogP contribution in [0.4, 0.5) is 0 Å². The van der Waals surface area contributed by atoms with Gasteiger partial charge in [0.05, 0.1) is 39.5 Å². The molecule has 3 rings (SSSR count). The first kappa shape index (κ1) is 37.6. The fraction of sp³-hybridized carbons (Fsp3) is 0.515. The second-order valence-electron chi connectivity index (χ2n) is 11.9. The van der Waals surface area contributed by atoms with Crippen molar-refractivity contribution in [2.24, 2.45) is 23.7 Å². The monoisotopic (exact) mass is 675 g/mol. The molecule has 1 aliphatic rings. The summed E-state index contributed by atoms with van der Waals surface area (Å²) in [6.45, 7) is 5.30. The standard InChI is InChI=1S/C33H44N2O11S/c1-3-25(24-12-8-5-9-13-24)27(31(38)39)29(28(32(40)41)26(30(36)37)22(2)23-10-6-4-7-11-23)33(42)46-20-18-34-14-16-35(17-15-34)19-21-47(43,44)45/h4-13,22,25-29H,3,14-21H2,1-2H3,(H,36,37)(H,38,39)(H,40,41)(H,43,44,45)/p-1. The highest BCUT2D eigenvalue weighted by Crippen LogP contribution is 2.43. The van der Waals surface area contributed by atoms with E-state index in [4.69, 9.17) is 4.74 Å². The number of carbonyl (C=O) groups is 4. The molecular formula is C33H43N2O11S-. The van der Waals surface area contributed by atoms with Crippen LogP contribution in [0.5, 0.6) is 0 Å². The molecular weight excluding hydrogens is 632 g/mol. The topological polar surface area (TPSA) is 202 Å². The van der Waals surface area contributed by atoms with Crippen molar-refractivity contribution in [1.82, 2.24) is 9.80 Å². The summed E-state index contributed by atoms with van der Waals surface area (Å²) in [5.74, 6) is -15.0. The molecule has 0 aromatic heterocycles. The van der Waals surface area contributed by atoms with Crippen molar-refractivity contribution in [2.45, 2.75) is 32.1 Å². The number of ether oxygens (including phenoxy) is 1. The van der Waals surface area contributed by atoms with Gasteiger partial charge in [-0.25, -0.2) is 8.42 Å². The zero-order valence-corrected chi connectivity index (χ0v) is 27.3. The molecule has 2 aromatic carbocycles. The van der Waals surface area contributed by atoms with E-state index in [9.17, 15) is 47.5 Å². The number of carboxylic acid groups (broad SMARTS) is 3. The zero-order chi connectivity index (χ0) is 34.7. The van der Waals surface area contributed by atoms with Crippen molar-refractivity contribution in [3.63, 3.8) is 0 Å². The van der Waals surface area contributed by atoms with Crippen LogP contribution in [-0.4, -0.2) is 114 Å². The van der Waals surface area contributed by atoms with Crippen molar-refractivity contribution in [1.29, 1.82) is 0 Å². The molecule has 6 atom stereocenters. The Morgan fingerprint density at radius 3 is 1.66 bits per heavy atom. The average Bonchev–Trinajstić information content (AvgIpc) is 3.03. The van der Waals surface area contributed by atoms with E-state index in [-0.39, 0.29) is 26.1 Å². The van der Waals surface area contributed by atoms with Crippen molar-refractivity contribution in [2.75, 3.05) is 51.6 Å². The first-order valence-electron chi connectivity index (χ1n) is 15.6. The lowest BCUT2D eigenvalue weighted by atomic mass is 9.65. The number of carbonyl (C=O) groups excluding carboxylic acids is 1. The van der Waals surface area contributed by atoms with Gasteiger partial charge in [0.25, 0.3) is 0 Å². The first-order chi connectivity index (χ1) is 22.2. The van der Waals surface area contributed by atoms with Crippen LogP contribution >= 0.6 is 0 Å². The van der Waals surface area contributed by atoms with E-state index in [0.29, 0.717) is 37.3 Å². The Morgan fingerprint density at radius 2 is 1.21 bits per heavy atom. The minimum atomic E-state index is -4.34. The predicted molar refractivity (Wildman–Crippen MR) is 170 cm³/mol. The summed E-state index contributed by atoms with van der Waals surface area (Å²) in [5.41, 5.74) is 1.09. The van der Waals surface area contributed by atoms with Crippen LogP contribution in [0.3, 0.4) is 0 Å². The van der Waals surface area contributed by atoms with Gasteiger partial charge in [-0.3, -0.25) is 29.0 Å². The Morgan fingerprint density at radius 1 is 0.745 bits per heavy atom. The molecule has 1 aliphatic heterocycles. The minimum absolute atomic E-state index is 0.107. The van der Waals surface area contributed by atoms with Crippen molar-refractivity contribution >= 4 is 34.0 Å². The van der Waals surface area contributed by atoms with Crippen LogP contribution < -0.4 is 0 Å². The van der Waals surface area contributed by atoms with E-state index in [1.54, 1.807) is 74.5 Å². The maximum absolute atomic E-state index is 14.0. The average molecular weight is 676 g/mol. The van der Waals surface area contributed by atoms with E-state index >= 15 is 0 Å². The predicted octanol–water partition coefficient (Wildman–Crippen LogP) is 2.41. The highest BCUT2D eigenvalue weighted by atomic mass is 32.2. The number of nitrogens with zero attached hydrogens (tertiary/aromatic N) is 2. The molecule has 0 amide bonds. The third kappa shape index (κ3) is 10.6. The quantitative estimate of drug-likeness (QED) is 0.154. The molecule has 0 aliphatic carbocycles. The van der Waals surface area contributed by atoms with Gasteiger partial charge in [0, 0.05) is 39.3 Å². The molecule has 258 valence electrons. The summed E-state index contributed by atoms with van der Waals surface area (Å²) in [5, 5.41) is 31.6. The van der Waals surface area contributed by atoms with Crippen molar-refractivity contribution in [3.8, 4) is 0 Å². The Bertz CT molecular complexity index is 1450. The third-order valence-corrected chi connectivity index (χ3v) is 9.71. The molecule has 3 N–H and O–H groups in total. The molecule has 0 radical (unpaired) electrons. The highest BCUT2D eigenvalue weighted by Gasteiger charge is 2.53. The van der Waals surface area contributed by atoms with Gasteiger partial charge in [0.1, 0.15) is 6.61 Å². The number of piperazine rings is 1. The summed E-state index contributed by atoms with van der Waals surface area (Å²) in [7, 11) is -4.34. The van der Waals surface area contributed by atoms with Crippen LogP contribution in [0.1, 0.15) is 43.2 Å². The number of hydrogen-bond acceptors (Lipinski definition) is 10. The number of esters is 1. The number of hydrogen-bond donors (Lipinski definition) is 3. The molecule has 14 heteroatoms. The van der Waals surface area contributed by atoms with Gasteiger partial charge < -0.3 is 24.6 Å². The molecule has 1 fully saturated rings. The number of rotatable bonds is 18. The molecule has 1 saturated heterocycles. The summed E-state index contributed by atoms with van der Waals surface area (Å²) in [6.07, 6.45) is 0.223. The van der Waals surface area contributed by atoms with Crippen LogP contribution in [0.25, 0.3) is 0 Å². The highest BCUT2D eigenvalue weighted by molar-refractivity contribution is 7.85. The molecule has 2 aromatic rings. The maximum Gasteiger partial charge on any atom is 0.310 e. The third-order valence-electron chi connectivity index (χ3n) is 9.03. The van der Waals surface area contributed by atoms with Gasteiger partial charge in [-0.05, 0) is 29.4 Å². The van der Waals surface area contributed by atoms with Crippen LogP contribution in [0.2, 0.25) is 0 Å². The summed E-state index contributed by atoms with van der Waals surface area (Å²) < 4.78 is 38.5. The Hall–Kier alpha value is -3.85. The molecule has 47 heavy (non-hydrogen) atoms. The Kier molecular flexibility index (Phi) is 13.9. The fourth-order valence-corrected chi connectivity index (χ4v) is 6.99. The normalized spacial score (nSPS) is 18.3. The van der Waals surface area contributed by atoms with Crippen molar-refractivity contribution < 1.29 is 52.2 Å². The molecule has 0 spiro atoms. The summed E-state index contributed by atoms with van der Waals surface area (Å²) in [4.78, 5) is 56.6. The Labute approximate surface area is 274 Å². The lowest BCUT2D eigenvalue weighted by Crippen LogP contribution is -2.49. The first-order valence-corrected chi connectivity index (χ1v) is 17.2. The Balaban J connectivity index is 1.93.